The molecule has 27 heavy (non-hydrogen) atoms. The van der Waals surface area contributed by atoms with E-state index >= 15 is 4.39 Å². The molecular weight excluding hydrogens is 386 g/mol. The van der Waals surface area contributed by atoms with E-state index in [1.54, 1.807) is 12.1 Å². The Bertz CT molecular complexity index is 728. The molecule has 2 nitrogen and oxygen atoms in total. The molecule has 0 aliphatic heterocycles. The molecule has 0 N–H and O–H groups in total. The van der Waals surface area contributed by atoms with Crippen molar-refractivity contribution in [1.82, 2.24) is 0 Å². The van der Waals surface area contributed by atoms with Gasteiger partial charge in [0.15, 0.2) is 0 Å². The van der Waals surface area contributed by atoms with Crippen molar-refractivity contribution in [2.75, 3.05) is 0 Å². The predicted molar refractivity (Wildman–Crippen MR) is 111 cm³/mol. The molecule has 148 valence electrons. The molecule has 0 aliphatic carbocycles. The minimum Gasteiger partial charge on any atom is -0.424 e. The Morgan fingerprint density at radius 2 is 1.15 bits per heavy atom. The van der Waals surface area contributed by atoms with E-state index in [1.165, 1.54) is 0 Å². The maximum atomic E-state index is 15.7. The highest BCUT2D eigenvalue weighted by molar-refractivity contribution is 6.44. The highest BCUT2D eigenvalue weighted by Gasteiger charge is 2.44. The zero-order valence-corrected chi connectivity index (χ0v) is 18.2. The van der Waals surface area contributed by atoms with Gasteiger partial charge in [-0.3, -0.25) is 0 Å². The van der Waals surface area contributed by atoms with Crippen LogP contribution >= 0.6 is 23.2 Å². The fourth-order valence-electron chi connectivity index (χ4n) is 2.82. The molecule has 0 saturated carbocycles. The Labute approximate surface area is 171 Å². The minimum atomic E-state index is -2.72. The smallest absolute Gasteiger partial charge is 0.424 e. The number of aryl methyl sites for hydroxylation is 2. The number of hydrogen-bond donors (Lipinski definition) is 0. The third kappa shape index (κ3) is 5.30. The van der Waals surface area contributed by atoms with Crippen LogP contribution in [-0.4, -0.2) is 10.9 Å². The topological polar surface area (TPSA) is 18.5 Å². The molecule has 0 spiro atoms. The minimum absolute atomic E-state index is 0.138. The molecular formula is C22H27Cl2FO2. The number of ether oxygens (including phenoxy) is 2. The first kappa shape index (κ1) is 21.8. The van der Waals surface area contributed by atoms with Gasteiger partial charge in [-0.05, 0) is 60.1 Å². The zero-order chi connectivity index (χ0) is 20.4. The first-order valence-corrected chi connectivity index (χ1v) is 9.97. The molecule has 0 atom stereocenters. The molecule has 0 bridgehead atoms. The molecule has 0 aliphatic rings. The van der Waals surface area contributed by atoms with Gasteiger partial charge >= 0.3 is 6.04 Å². The lowest BCUT2D eigenvalue weighted by molar-refractivity contribution is -0.206. The molecule has 0 unspecified atom stereocenters. The summed E-state index contributed by atoms with van der Waals surface area (Å²) in [5.74, 6) is 1.02. The zero-order valence-electron chi connectivity index (χ0n) is 16.6. The molecule has 0 radical (unpaired) electrons. The molecule has 2 aromatic rings. The number of rotatable bonds is 7. The van der Waals surface area contributed by atoms with Gasteiger partial charge in [-0.25, -0.2) is 0 Å². The fourth-order valence-corrected chi connectivity index (χ4v) is 3.00. The molecule has 2 rings (SSSR count). The van der Waals surface area contributed by atoms with Crippen LogP contribution in [0.5, 0.6) is 11.5 Å². The van der Waals surface area contributed by atoms with E-state index in [0.29, 0.717) is 11.5 Å². The fraction of sp³-hybridized carbons (Fsp3) is 0.455. The summed E-state index contributed by atoms with van der Waals surface area (Å²) in [7, 11) is 0. The van der Waals surface area contributed by atoms with Crippen LogP contribution in [0.15, 0.2) is 36.4 Å². The average molecular weight is 413 g/mol. The quantitative estimate of drug-likeness (QED) is 0.347. The first-order chi connectivity index (χ1) is 12.5. The van der Waals surface area contributed by atoms with Gasteiger partial charge in [-0.15, -0.1) is 0 Å². The van der Waals surface area contributed by atoms with Gasteiger partial charge in [-0.1, -0.05) is 75.2 Å². The van der Waals surface area contributed by atoms with Crippen molar-refractivity contribution >= 4 is 23.2 Å². The lowest BCUT2D eigenvalue weighted by Gasteiger charge is -2.30. The Kier molecular flexibility index (Phi) is 7.04. The van der Waals surface area contributed by atoms with Crippen molar-refractivity contribution in [2.24, 2.45) is 0 Å². The summed E-state index contributed by atoms with van der Waals surface area (Å²) in [6.07, 6.45) is 0. The van der Waals surface area contributed by atoms with E-state index in [9.17, 15) is 0 Å². The molecule has 5 heteroatoms. The molecule has 0 heterocycles. The van der Waals surface area contributed by atoms with Crippen molar-refractivity contribution in [3.8, 4) is 11.5 Å². The van der Waals surface area contributed by atoms with Crippen LogP contribution in [0.25, 0.3) is 0 Å². The summed E-state index contributed by atoms with van der Waals surface area (Å²) in [6.45, 7) is 11.9. The summed E-state index contributed by atoms with van der Waals surface area (Å²) >= 11 is 11.9. The van der Waals surface area contributed by atoms with Gasteiger partial charge in [0.2, 0.25) is 4.84 Å². The van der Waals surface area contributed by atoms with E-state index in [2.05, 4.69) is 0 Å². The normalized spacial score (nSPS) is 12.1. The van der Waals surface area contributed by atoms with Crippen LogP contribution in [0.1, 0.15) is 61.8 Å². The molecule has 0 aromatic heterocycles. The Balaban J connectivity index is 2.46. The van der Waals surface area contributed by atoms with Crippen LogP contribution in [0.4, 0.5) is 4.39 Å². The first-order valence-electron chi connectivity index (χ1n) is 9.09. The largest absolute Gasteiger partial charge is 0.439 e. The second-order valence-electron chi connectivity index (χ2n) is 7.48. The standard InChI is InChI=1S/C22H27Cl2FO2/c1-13(2)17-9-7-15(5)11-19(17)26-22(25,21(23)24)27-20-12-16(6)8-10-18(20)14(3)4/h7-14,21H,1-6H3. The number of benzene rings is 2. The second kappa shape index (κ2) is 8.70. The van der Waals surface area contributed by atoms with Crippen LogP contribution in [0.3, 0.4) is 0 Å². The van der Waals surface area contributed by atoms with Crippen LogP contribution in [-0.2, 0) is 0 Å². The van der Waals surface area contributed by atoms with Crippen LogP contribution in [0, 0.1) is 13.8 Å². The van der Waals surface area contributed by atoms with Gasteiger partial charge in [-0.2, -0.15) is 4.39 Å². The third-order valence-electron chi connectivity index (χ3n) is 4.34. The Morgan fingerprint density at radius 3 is 1.44 bits per heavy atom. The van der Waals surface area contributed by atoms with Crippen molar-refractivity contribution in [3.63, 3.8) is 0 Å². The van der Waals surface area contributed by atoms with Gasteiger partial charge in [0.1, 0.15) is 11.5 Å². The Hall–Kier alpha value is -1.45. The summed E-state index contributed by atoms with van der Waals surface area (Å²) in [5.41, 5.74) is 3.59. The summed E-state index contributed by atoms with van der Waals surface area (Å²) in [4.78, 5) is -1.54. The van der Waals surface area contributed by atoms with Gasteiger partial charge in [0, 0.05) is 0 Å². The van der Waals surface area contributed by atoms with E-state index in [1.807, 2.05) is 65.8 Å². The van der Waals surface area contributed by atoms with Crippen LogP contribution < -0.4 is 9.47 Å². The monoisotopic (exact) mass is 412 g/mol. The lowest BCUT2D eigenvalue weighted by atomic mass is 10.0. The molecule has 0 amide bonds. The van der Waals surface area contributed by atoms with Crippen molar-refractivity contribution in [3.05, 3.63) is 58.7 Å². The van der Waals surface area contributed by atoms with E-state index in [-0.39, 0.29) is 11.8 Å². The van der Waals surface area contributed by atoms with Crippen LogP contribution in [0.2, 0.25) is 0 Å². The summed E-state index contributed by atoms with van der Waals surface area (Å²) in [5, 5.41) is 0. The van der Waals surface area contributed by atoms with Crippen molar-refractivity contribution in [1.29, 1.82) is 0 Å². The summed E-state index contributed by atoms with van der Waals surface area (Å²) in [6, 6.07) is 8.56. The van der Waals surface area contributed by atoms with E-state index in [4.69, 9.17) is 32.7 Å². The highest BCUT2D eigenvalue weighted by Crippen LogP contribution is 2.38. The van der Waals surface area contributed by atoms with E-state index < -0.39 is 10.9 Å². The predicted octanol–water partition coefficient (Wildman–Crippen LogP) is 7.44. The lowest BCUT2D eigenvalue weighted by Crippen LogP contribution is -2.44. The maximum absolute atomic E-state index is 15.7. The molecule has 0 saturated heterocycles. The van der Waals surface area contributed by atoms with Crippen molar-refractivity contribution < 1.29 is 13.9 Å². The van der Waals surface area contributed by atoms with Gasteiger partial charge < -0.3 is 9.47 Å². The second-order valence-corrected chi connectivity index (χ2v) is 8.58. The summed E-state index contributed by atoms with van der Waals surface area (Å²) < 4.78 is 27.1. The van der Waals surface area contributed by atoms with Gasteiger partial charge in [0.25, 0.3) is 0 Å². The number of hydrogen-bond acceptors (Lipinski definition) is 2. The third-order valence-corrected chi connectivity index (χ3v) is 4.86. The SMILES string of the molecule is Cc1ccc(C(C)C)c(OC(F)(Oc2cc(C)ccc2C(C)C)C(Cl)Cl)c1. The molecule has 2 aromatic carbocycles. The van der Waals surface area contributed by atoms with Crippen molar-refractivity contribution in [2.45, 2.75) is 64.3 Å². The highest BCUT2D eigenvalue weighted by atomic mass is 35.5. The number of halogens is 3. The van der Waals surface area contributed by atoms with Gasteiger partial charge in [0.05, 0.1) is 0 Å². The average Bonchev–Trinajstić information content (AvgIpc) is 2.54. The molecule has 0 fully saturated rings. The van der Waals surface area contributed by atoms with E-state index in [0.717, 1.165) is 22.3 Å². The Morgan fingerprint density at radius 1 is 0.778 bits per heavy atom. The number of alkyl halides is 3. The maximum Gasteiger partial charge on any atom is 0.439 e.